The van der Waals surface area contributed by atoms with Crippen molar-refractivity contribution in [3.8, 4) is 0 Å². The van der Waals surface area contributed by atoms with Gasteiger partial charge in [-0.25, -0.2) is 4.99 Å². The van der Waals surface area contributed by atoms with Crippen molar-refractivity contribution >= 4 is 23.6 Å². The van der Waals surface area contributed by atoms with Crippen LogP contribution >= 0.6 is 0 Å². The molecule has 1 aromatic heterocycles. The van der Waals surface area contributed by atoms with Gasteiger partial charge >= 0.3 is 6.61 Å². The Balaban J connectivity index is 2.33. The standard InChI is InChI=1S/C12H16F2N4O4/c13-12(14)22-18-5-8(10(15)21)9-11(18)16-2-4-17(9)3-1-7(20)6-19/h2,5,7,12,19-20H,1,3-4,6H2,(H2,15,21). The Morgan fingerprint density at radius 1 is 1.55 bits per heavy atom. The van der Waals surface area contributed by atoms with E-state index in [4.69, 9.17) is 10.8 Å². The first-order valence-corrected chi connectivity index (χ1v) is 6.51. The normalized spacial score (nSPS) is 15.0. The molecule has 2 heterocycles. The minimum absolute atomic E-state index is 0.00834. The Morgan fingerprint density at radius 3 is 2.86 bits per heavy atom. The maximum absolute atomic E-state index is 12.4. The fourth-order valence-corrected chi connectivity index (χ4v) is 2.16. The van der Waals surface area contributed by atoms with Gasteiger partial charge in [-0.3, -0.25) is 4.79 Å². The molecule has 1 atom stereocenters. The summed E-state index contributed by atoms with van der Waals surface area (Å²) in [6.07, 6.45) is 1.82. The van der Waals surface area contributed by atoms with Crippen molar-refractivity contribution in [1.82, 2.24) is 4.73 Å². The first-order chi connectivity index (χ1) is 10.4. The number of halogens is 2. The molecule has 1 aliphatic heterocycles. The number of hydrogen-bond donors (Lipinski definition) is 3. The summed E-state index contributed by atoms with van der Waals surface area (Å²) in [7, 11) is 0. The van der Waals surface area contributed by atoms with E-state index in [1.807, 2.05) is 0 Å². The summed E-state index contributed by atoms with van der Waals surface area (Å²) >= 11 is 0. The SMILES string of the molecule is NC(=O)c1cn(OC(F)F)c2c1N(CCC(O)CO)CC=N2. The number of hydrogen-bond acceptors (Lipinski definition) is 6. The third-order valence-electron chi connectivity index (χ3n) is 3.16. The average molecular weight is 318 g/mol. The number of aliphatic hydroxyl groups is 2. The maximum Gasteiger partial charge on any atom is 0.405 e. The molecule has 1 aromatic rings. The van der Waals surface area contributed by atoms with Crippen LogP contribution in [0.25, 0.3) is 0 Å². The third-order valence-corrected chi connectivity index (χ3v) is 3.16. The molecule has 1 amide bonds. The Hall–Kier alpha value is -2.20. The van der Waals surface area contributed by atoms with Crippen LogP contribution in [0.1, 0.15) is 16.8 Å². The lowest BCUT2D eigenvalue weighted by Gasteiger charge is -2.27. The van der Waals surface area contributed by atoms with Gasteiger partial charge < -0.3 is 25.7 Å². The van der Waals surface area contributed by atoms with Crippen molar-refractivity contribution in [3.63, 3.8) is 0 Å². The van der Waals surface area contributed by atoms with Crippen molar-refractivity contribution in [2.75, 3.05) is 24.6 Å². The van der Waals surface area contributed by atoms with Crippen LogP contribution in [0.15, 0.2) is 11.2 Å². The molecule has 0 radical (unpaired) electrons. The van der Waals surface area contributed by atoms with Crippen LogP contribution in [0.2, 0.25) is 0 Å². The number of aliphatic hydroxyl groups excluding tert-OH is 2. The van der Waals surface area contributed by atoms with Gasteiger partial charge in [-0.1, -0.05) is 0 Å². The zero-order valence-electron chi connectivity index (χ0n) is 11.5. The van der Waals surface area contributed by atoms with Gasteiger partial charge in [0.2, 0.25) is 0 Å². The summed E-state index contributed by atoms with van der Waals surface area (Å²) in [6.45, 7) is -2.89. The third kappa shape index (κ3) is 3.34. The second kappa shape index (κ2) is 6.71. The first kappa shape index (κ1) is 16.2. The number of fused-ring (bicyclic) bond motifs is 1. The number of carbonyl (C=O) groups excluding carboxylic acids is 1. The Kier molecular flexibility index (Phi) is 4.93. The van der Waals surface area contributed by atoms with E-state index in [1.165, 1.54) is 6.21 Å². The van der Waals surface area contributed by atoms with Gasteiger partial charge in [0.1, 0.15) is 0 Å². The molecule has 10 heteroatoms. The van der Waals surface area contributed by atoms with Gasteiger partial charge in [0, 0.05) is 12.8 Å². The molecule has 0 saturated heterocycles. The van der Waals surface area contributed by atoms with Crippen molar-refractivity contribution in [2.45, 2.75) is 19.1 Å². The lowest BCUT2D eigenvalue weighted by Crippen LogP contribution is -2.33. The lowest BCUT2D eigenvalue weighted by molar-refractivity contribution is -0.130. The number of primary amides is 1. The van der Waals surface area contributed by atoms with E-state index in [0.717, 1.165) is 6.20 Å². The van der Waals surface area contributed by atoms with E-state index >= 15 is 0 Å². The highest BCUT2D eigenvalue weighted by Crippen LogP contribution is 2.36. The molecule has 0 aliphatic carbocycles. The minimum atomic E-state index is -3.08. The van der Waals surface area contributed by atoms with Crippen LogP contribution in [-0.4, -0.2) is 59.5 Å². The number of carbonyl (C=O) groups is 1. The van der Waals surface area contributed by atoms with Crippen LogP contribution in [0, 0.1) is 0 Å². The number of aliphatic imine (C=N–C) groups is 1. The summed E-state index contributed by atoms with van der Waals surface area (Å²) in [5.74, 6) is -0.781. The molecule has 4 N–H and O–H groups in total. The Labute approximate surface area is 124 Å². The van der Waals surface area contributed by atoms with Gasteiger partial charge in [0.15, 0.2) is 5.82 Å². The molecule has 0 aromatic carbocycles. The predicted octanol–water partition coefficient (Wildman–Crippen LogP) is -0.496. The second-order valence-corrected chi connectivity index (χ2v) is 4.65. The monoisotopic (exact) mass is 318 g/mol. The van der Waals surface area contributed by atoms with Crippen LogP contribution in [0.4, 0.5) is 20.3 Å². The smallest absolute Gasteiger partial charge is 0.394 e. The van der Waals surface area contributed by atoms with Crippen LogP contribution in [-0.2, 0) is 0 Å². The molecule has 22 heavy (non-hydrogen) atoms. The average Bonchev–Trinajstić information content (AvgIpc) is 2.83. The summed E-state index contributed by atoms with van der Waals surface area (Å²) in [5.41, 5.74) is 5.52. The van der Waals surface area contributed by atoms with E-state index in [-0.39, 0.29) is 30.0 Å². The van der Waals surface area contributed by atoms with Gasteiger partial charge in [0.25, 0.3) is 5.91 Å². The molecule has 8 nitrogen and oxygen atoms in total. The fourth-order valence-electron chi connectivity index (χ4n) is 2.16. The quantitative estimate of drug-likeness (QED) is 0.627. The number of nitrogens with two attached hydrogens (primary N) is 1. The number of rotatable bonds is 7. The number of anilines is 1. The van der Waals surface area contributed by atoms with Crippen molar-refractivity contribution in [2.24, 2.45) is 10.7 Å². The molecule has 0 saturated carbocycles. The molecule has 0 spiro atoms. The van der Waals surface area contributed by atoms with E-state index in [9.17, 15) is 18.7 Å². The van der Waals surface area contributed by atoms with Gasteiger partial charge in [-0.05, 0) is 6.42 Å². The largest absolute Gasteiger partial charge is 0.405 e. The minimum Gasteiger partial charge on any atom is -0.394 e. The van der Waals surface area contributed by atoms with Gasteiger partial charge in [-0.2, -0.15) is 13.5 Å². The predicted molar refractivity (Wildman–Crippen MR) is 73.6 cm³/mol. The molecule has 1 aliphatic rings. The molecule has 0 fully saturated rings. The van der Waals surface area contributed by atoms with Crippen molar-refractivity contribution < 1.29 is 28.6 Å². The highest BCUT2D eigenvalue weighted by molar-refractivity contribution is 6.03. The zero-order valence-corrected chi connectivity index (χ0v) is 11.5. The van der Waals surface area contributed by atoms with Crippen LogP contribution in [0.5, 0.6) is 0 Å². The summed E-state index contributed by atoms with van der Waals surface area (Å²) in [4.78, 5) is 21.4. The van der Waals surface area contributed by atoms with Crippen LogP contribution in [0.3, 0.4) is 0 Å². The summed E-state index contributed by atoms with van der Waals surface area (Å²) in [5, 5.41) is 18.2. The van der Waals surface area contributed by atoms with Gasteiger partial charge in [-0.15, -0.1) is 0 Å². The number of aromatic nitrogens is 1. The number of nitrogens with zero attached hydrogens (tertiary/aromatic N) is 3. The fraction of sp³-hybridized carbons (Fsp3) is 0.500. The number of alkyl halides is 2. The second-order valence-electron chi connectivity index (χ2n) is 4.65. The first-order valence-electron chi connectivity index (χ1n) is 6.51. The highest BCUT2D eigenvalue weighted by Gasteiger charge is 2.28. The Morgan fingerprint density at radius 2 is 2.27 bits per heavy atom. The van der Waals surface area contributed by atoms with Gasteiger partial charge in [0.05, 0.1) is 36.7 Å². The van der Waals surface area contributed by atoms with Crippen molar-refractivity contribution in [1.29, 1.82) is 0 Å². The molecule has 1 unspecified atom stereocenters. The molecule has 122 valence electrons. The van der Waals surface area contributed by atoms with Crippen LogP contribution < -0.4 is 15.5 Å². The summed E-state index contributed by atoms with van der Waals surface area (Å²) < 4.78 is 25.5. The topological polar surface area (TPSA) is 113 Å². The number of amides is 1. The maximum atomic E-state index is 12.4. The molecular weight excluding hydrogens is 302 g/mol. The molecule has 2 rings (SSSR count). The Bertz CT molecular complexity index is 576. The van der Waals surface area contributed by atoms with E-state index in [1.54, 1.807) is 4.90 Å². The van der Waals surface area contributed by atoms with E-state index < -0.39 is 25.2 Å². The molecule has 0 bridgehead atoms. The molecular formula is C12H16F2N4O4. The van der Waals surface area contributed by atoms with Crippen molar-refractivity contribution in [3.05, 3.63) is 11.8 Å². The van der Waals surface area contributed by atoms with E-state index in [0.29, 0.717) is 11.3 Å². The summed E-state index contributed by atoms with van der Waals surface area (Å²) in [6, 6.07) is 0. The van der Waals surface area contributed by atoms with E-state index in [2.05, 4.69) is 9.83 Å². The zero-order chi connectivity index (χ0) is 16.3. The lowest BCUT2D eigenvalue weighted by atomic mass is 10.2. The highest BCUT2D eigenvalue weighted by atomic mass is 19.3.